The van der Waals surface area contributed by atoms with Crippen LogP contribution in [0.2, 0.25) is 0 Å². The normalized spacial score (nSPS) is 12.8. The van der Waals surface area contributed by atoms with Crippen molar-refractivity contribution >= 4 is 28.1 Å². The van der Waals surface area contributed by atoms with Crippen molar-refractivity contribution < 1.29 is 13.3 Å². The van der Waals surface area contributed by atoms with Crippen LogP contribution >= 0.6 is 12.4 Å². The monoisotopic (exact) mass is 323 g/mol. The third-order valence-electron chi connectivity index (χ3n) is 3.00. The van der Waals surface area contributed by atoms with Gasteiger partial charge in [-0.1, -0.05) is 6.07 Å². The number of aryl methyl sites for hydroxylation is 1. The molecule has 1 rings (SSSR count). The lowest BCUT2D eigenvalue weighted by Gasteiger charge is -2.23. The number of non-ortho nitro benzene ring substituents is 1. The van der Waals surface area contributed by atoms with E-state index in [1.807, 2.05) is 0 Å². The first-order chi connectivity index (χ1) is 8.71. The van der Waals surface area contributed by atoms with Crippen LogP contribution in [0.1, 0.15) is 12.5 Å². The van der Waals surface area contributed by atoms with Gasteiger partial charge in [-0.2, -0.15) is 4.31 Å². The standard InChI is InChI=1S/C11H17N3O4S.ClH/c1-8-4-5-10(14(15)16)6-11(8)19(17,18)13(3)9(2)7-12;/h4-6,9H,7,12H2,1-3H3;1H. The van der Waals surface area contributed by atoms with Crippen molar-refractivity contribution in [3.05, 3.63) is 33.9 Å². The molecule has 0 radical (unpaired) electrons. The number of sulfonamides is 1. The Hall–Kier alpha value is -1.22. The largest absolute Gasteiger partial charge is 0.329 e. The quantitative estimate of drug-likeness (QED) is 0.649. The van der Waals surface area contributed by atoms with E-state index in [0.29, 0.717) is 5.56 Å². The maximum atomic E-state index is 12.4. The summed E-state index contributed by atoms with van der Waals surface area (Å²) in [4.78, 5) is 10.0. The van der Waals surface area contributed by atoms with E-state index >= 15 is 0 Å². The van der Waals surface area contributed by atoms with Crippen LogP contribution in [0, 0.1) is 17.0 Å². The Morgan fingerprint density at radius 3 is 2.45 bits per heavy atom. The SMILES string of the molecule is Cc1ccc([N+](=O)[O-])cc1S(=O)(=O)N(C)C(C)CN.Cl. The Morgan fingerprint density at radius 2 is 2.00 bits per heavy atom. The summed E-state index contributed by atoms with van der Waals surface area (Å²) in [5, 5.41) is 10.7. The van der Waals surface area contributed by atoms with E-state index in [1.54, 1.807) is 13.8 Å². The van der Waals surface area contributed by atoms with Crippen LogP contribution in [0.5, 0.6) is 0 Å². The molecule has 0 heterocycles. The van der Waals surface area contributed by atoms with Crippen molar-refractivity contribution in [3.8, 4) is 0 Å². The van der Waals surface area contributed by atoms with Gasteiger partial charge in [-0.25, -0.2) is 8.42 Å². The van der Waals surface area contributed by atoms with Crippen LogP contribution in [0.25, 0.3) is 0 Å². The van der Waals surface area contributed by atoms with Crippen molar-refractivity contribution in [3.63, 3.8) is 0 Å². The summed E-state index contributed by atoms with van der Waals surface area (Å²) in [6.07, 6.45) is 0. The first kappa shape index (κ1) is 18.8. The maximum Gasteiger partial charge on any atom is 0.270 e. The molecule has 1 atom stereocenters. The first-order valence-corrected chi connectivity index (χ1v) is 7.09. The molecule has 0 aliphatic heterocycles. The zero-order valence-electron chi connectivity index (χ0n) is 11.4. The Labute approximate surface area is 124 Å². The van der Waals surface area contributed by atoms with E-state index in [1.165, 1.54) is 19.2 Å². The van der Waals surface area contributed by atoms with Crippen molar-refractivity contribution in [2.24, 2.45) is 5.73 Å². The van der Waals surface area contributed by atoms with Crippen molar-refractivity contribution in [2.45, 2.75) is 24.8 Å². The summed E-state index contributed by atoms with van der Waals surface area (Å²) >= 11 is 0. The van der Waals surface area contributed by atoms with Gasteiger partial charge in [-0.3, -0.25) is 10.1 Å². The Balaban J connectivity index is 0.00000361. The molecule has 20 heavy (non-hydrogen) atoms. The van der Waals surface area contributed by atoms with Gasteiger partial charge < -0.3 is 5.73 Å². The second-order valence-electron chi connectivity index (χ2n) is 4.31. The average molecular weight is 324 g/mol. The number of likely N-dealkylation sites (N-methyl/N-ethyl adjacent to an activating group) is 1. The summed E-state index contributed by atoms with van der Waals surface area (Å²) < 4.78 is 25.9. The molecule has 0 saturated carbocycles. The van der Waals surface area contributed by atoms with Gasteiger partial charge in [0.2, 0.25) is 10.0 Å². The number of hydrogen-bond donors (Lipinski definition) is 1. The van der Waals surface area contributed by atoms with Crippen LogP contribution < -0.4 is 5.73 Å². The molecule has 7 nitrogen and oxygen atoms in total. The lowest BCUT2D eigenvalue weighted by atomic mass is 10.2. The average Bonchev–Trinajstić information content (AvgIpc) is 2.36. The Bertz CT molecular complexity index is 591. The molecule has 0 aliphatic carbocycles. The number of halogens is 1. The van der Waals surface area contributed by atoms with E-state index in [4.69, 9.17) is 5.73 Å². The maximum absolute atomic E-state index is 12.4. The van der Waals surface area contributed by atoms with Gasteiger partial charge in [-0.15, -0.1) is 12.4 Å². The van der Waals surface area contributed by atoms with Crippen molar-refractivity contribution in [2.75, 3.05) is 13.6 Å². The van der Waals surface area contributed by atoms with Crippen LogP contribution in [-0.2, 0) is 10.0 Å². The summed E-state index contributed by atoms with van der Waals surface area (Å²) in [6.45, 7) is 3.44. The van der Waals surface area contributed by atoms with Gasteiger partial charge in [0.15, 0.2) is 0 Å². The highest BCUT2D eigenvalue weighted by Crippen LogP contribution is 2.24. The molecule has 1 unspecified atom stereocenters. The molecule has 1 aromatic carbocycles. The highest BCUT2D eigenvalue weighted by molar-refractivity contribution is 7.89. The molecule has 0 amide bonds. The molecular formula is C11H18ClN3O4S. The minimum Gasteiger partial charge on any atom is -0.329 e. The van der Waals surface area contributed by atoms with Gasteiger partial charge in [0.25, 0.3) is 5.69 Å². The number of nitrogens with two attached hydrogens (primary N) is 1. The number of benzene rings is 1. The fourth-order valence-electron chi connectivity index (χ4n) is 1.52. The van der Waals surface area contributed by atoms with E-state index < -0.39 is 14.9 Å². The first-order valence-electron chi connectivity index (χ1n) is 5.65. The molecule has 0 aliphatic rings. The van der Waals surface area contributed by atoms with Crippen LogP contribution in [0.3, 0.4) is 0 Å². The third kappa shape index (κ3) is 3.66. The van der Waals surface area contributed by atoms with E-state index in [2.05, 4.69) is 0 Å². The second-order valence-corrected chi connectivity index (χ2v) is 6.28. The summed E-state index contributed by atoms with van der Waals surface area (Å²) in [5.74, 6) is 0. The van der Waals surface area contributed by atoms with E-state index in [9.17, 15) is 18.5 Å². The van der Waals surface area contributed by atoms with Gasteiger partial charge >= 0.3 is 0 Å². The predicted octanol–water partition coefficient (Wildman–Crippen LogP) is 1.29. The second kappa shape index (κ2) is 6.98. The molecule has 0 aromatic heterocycles. The number of nitrogens with zero attached hydrogens (tertiary/aromatic N) is 2. The molecule has 2 N–H and O–H groups in total. The molecule has 9 heteroatoms. The lowest BCUT2D eigenvalue weighted by Crippen LogP contribution is -2.39. The predicted molar refractivity (Wildman–Crippen MR) is 78.5 cm³/mol. The fourth-order valence-corrected chi connectivity index (χ4v) is 3.14. The smallest absolute Gasteiger partial charge is 0.270 e. The number of hydrogen-bond acceptors (Lipinski definition) is 5. The van der Waals surface area contributed by atoms with E-state index in [-0.39, 0.29) is 35.6 Å². The summed E-state index contributed by atoms with van der Waals surface area (Å²) in [5.41, 5.74) is 5.66. The molecule has 0 saturated heterocycles. The third-order valence-corrected chi connectivity index (χ3v) is 5.12. The van der Waals surface area contributed by atoms with Gasteiger partial charge in [0.05, 0.1) is 9.82 Å². The van der Waals surface area contributed by atoms with Crippen molar-refractivity contribution in [1.82, 2.24) is 4.31 Å². The number of nitro groups is 1. The van der Waals surface area contributed by atoms with Gasteiger partial charge in [0.1, 0.15) is 0 Å². The fraction of sp³-hybridized carbons (Fsp3) is 0.455. The molecule has 0 fully saturated rings. The molecule has 0 bridgehead atoms. The Kier molecular flexibility index (Phi) is 6.55. The molecule has 1 aromatic rings. The topological polar surface area (TPSA) is 107 Å². The van der Waals surface area contributed by atoms with Crippen LogP contribution in [0.15, 0.2) is 23.1 Å². The summed E-state index contributed by atoms with van der Waals surface area (Å²) in [7, 11) is -2.38. The minimum atomic E-state index is -3.79. The molecular weight excluding hydrogens is 306 g/mol. The van der Waals surface area contributed by atoms with E-state index in [0.717, 1.165) is 10.4 Å². The zero-order valence-corrected chi connectivity index (χ0v) is 13.1. The number of nitro benzene ring substituents is 1. The highest BCUT2D eigenvalue weighted by Gasteiger charge is 2.27. The van der Waals surface area contributed by atoms with Crippen LogP contribution in [0.4, 0.5) is 5.69 Å². The number of rotatable bonds is 5. The zero-order chi connectivity index (χ0) is 14.8. The van der Waals surface area contributed by atoms with Crippen molar-refractivity contribution in [1.29, 1.82) is 0 Å². The Morgan fingerprint density at radius 1 is 1.45 bits per heavy atom. The molecule has 114 valence electrons. The van der Waals surface area contributed by atoms with Gasteiger partial charge in [-0.05, 0) is 19.4 Å². The highest BCUT2D eigenvalue weighted by atomic mass is 35.5. The van der Waals surface area contributed by atoms with Gasteiger partial charge in [0, 0.05) is 31.8 Å². The lowest BCUT2D eigenvalue weighted by molar-refractivity contribution is -0.385. The van der Waals surface area contributed by atoms with Crippen LogP contribution in [-0.4, -0.2) is 37.3 Å². The minimum absolute atomic E-state index is 0. The summed E-state index contributed by atoms with van der Waals surface area (Å²) in [6, 6.07) is 3.39. The molecule has 0 spiro atoms.